The molecule has 4 rings (SSSR count). The van der Waals surface area contributed by atoms with Crippen LogP contribution in [0, 0.1) is 18.6 Å². The Kier molecular flexibility index (Phi) is 6.47. The summed E-state index contributed by atoms with van der Waals surface area (Å²) < 4.78 is 56.1. The van der Waals surface area contributed by atoms with Gasteiger partial charge >= 0.3 is 5.63 Å². The molecule has 0 amide bonds. The van der Waals surface area contributed by atoms with Crippen LogP contribution in [0.2, 0.25) is 0 Å². The van der Waals surface area contributed by atoms with Crippen LogP contribution >= 0.6 is 0 Å². The molecule has 4 aromatic rings. The van der Waals surface area contributed by atoms with Crippen molar-refractivity contribution in [2.75, 3.05) is 13.3 Å². The van der Waals surface area contributed by atoms with Crippen LogP contribution in [0.4, 0.5) is 8.78 Å². The first kappa shape index (κ1) is 23.6. The summed E-state index contributed by atoms with van der Waals surface area (Å²) in [6, 6.07) is 12.3. The molecule has 0 radical (unpaired) electrons. The third kappa shape index (κ3) is 4.84. The van der Waals surface area contributed by atoms with Crippen LogP contribution in [0.1, 0.15) is 22.3 Å². The standard InChI is InChI=1S/C25H22F2N2O4S/c1-15-19-10-9-18(32-24-21(26)8-5-11-29-24)13-22(19)33-25(30)20(15)12-16-6-4-7-17(23(16)27)14-34(3,31)28-2/h4-11,13H,12,14H2,1-3H3. The van der Waals surface area contributed by atoms with E-state index in [0.29, 0.717) is 22.1 Å². The Morgan fingerprint density at radius 1 is 1.12 bits per heavy atom. The third-order valence-electron chi connectivity index (χ3n) is 5.53. The van der Waals surface area contributed by atoms with E-state index in [4.69, 9.17) is 9.15 Å². The summed E-state index contributed by atoms with van der Waals surface area (Å²) in [4.78, 5) is 16.6. The van der Waals surface area contributed by atoms with Gasteiger partial charge in [0, 0.05) is 58.2 Å². The molecule has 9 heteroatoms. The van der Waals surface area contributed by atoms with E-state index in [-0.39, 0.29) is 34.9 Å². The molecule has 176 valence electrons. The molecule has 2 aromatic heterocycles. The van der Waals surface area contributed by atoms with E-state index in [2.05, 4.69) is 9.35 Å². The minimum Gasteiger partial charge on any atom is -0.436 e. The van der Waals surface area contributed by atoms with Gasteiger partial charge in [0.25, 0.3) is 5.88 Å². The molecule has 2 heterocycles. The van der Waals surface area contributed by atoms with Gasteiger partial charge in [-0.05, 0) is 42.3 Å². The van der Waals surface area contributed by atoms with Crippen LogP contribution in [0.5, 0.6) is 11.6 Å². The van der Waals surface area contributed by atoms with E-state index < -0.39 is 27.0 Å². The van der Waals surface area contributed by atoms with Crippen LogP contribution in [0.15, 0.2) is 68.3 Å². The second-order valence-electron chi connectivity index (χ2n) is 7.90. The molecule has 0 spiro atoms. The fraction of sp³-hybridized carbons (Fsp3) is 0.200. The lowest BCUT2D eigenvalue weighted by molar-refractivity contribution is 0.422. The predicted molar refractivity (Wildman–Crippen MR) is 127 cm³/mol. The second-order valence-corrected chi connectivity index (χ2v) is 10.5. The highest BCUT2D eigenvalue weighted by molar-refractivity contribution is 7.92. The highest BCUT2D eigenvalue weighted by Crippen LogP contribution is 2.29. The Bertz CT molecular complexity index is 1570. The summed E-state index contributed by atoms with van der Waals surface area (Å²) in [5.41, 5.74) is 1.16. The van der Waals surface area contributed by atoms with Gasteiger partial charge in [-0.2, -0.15) is 0 Å². The molecule has 0 saturated carbocycles. The molecule has 0 fully saturated rings. The Balaban J connectivity index is 1.69. The van der Waals surface area contributed by atoms with E-state index >= 15 is 4.39 Å². The van der Waals surface area contributed by atoms with Crippen LogP contribution in [-0.2, 0) is 21.9 Å². The zero-order chi connectivity index (χ0) is 24.5. The fourth-order valence-corrected chi connectivity index (χ4v) is 4.55. The highest BCUT2D eigenvalue weighted by atomic mass is 32.2. The molecule has 0 bridgehead atoms. The van der Waals surface area contributed by atoms with Gasteiger partial charge in [0.05, 0.1) is 5.75 Å². The summed E-state index contributed by atoms with van der Waals surface area (Å²) in [6.45, 7) is 1.75. The Hall–Kier alpha value is -3.59. The van der Waals surface area contributed by atoms with Crippen molar-refractivity contribution in [3.05, 3.63) is 99.0 Å². The molecule has 0 N–H and O–H groups in total. The van der Waals surface area contributed by atoms with Crippen molar-refractivity contribution in [2.45, 2.75) is 19.1 Å². The average Bonchev–Trinajstić information content (AvgIpc) is 2.80. The van der Waals surface area contributed by atoms with Crippen molar-refractivity contribution in [1.82, 2.24) is 4.98 Å². The van der Waals surface area contributed by atoms with Crippen molar-refractivity contribution in [2.24, 2.45) is 4.36 Å². The highest BCUT2D eigenvalue weighted by Gasteiger charge is 2.17. The average molecular weight is 485 g/mol. The Labute approximate surface area is 195 Å². The number of ether oxygens (including phenoxy) is 1. The first-order valence-electron chi connectivity index (χ1n) is 10.4. The van der Waals surface area contributed by atoms with E-state index in [0.717, 1.165) is 0 Å². The number of aromatic nitrogens is 1. The van der Waals surface area contributed by atoms with E-state index in [9.17, 15) is 13.4 Å². The van der Waals surface area contributed by atoms with Crippen molar-refractivity contribution in [1.29, 1.82) is 0 Å². The summed E-state index contributed by atoms with van der Waals surface area (Å²) in [5.74, 6) is -1.09. The molecule has 0 aliphatic rings. The predicted octanol–water partition coefficient (Wildman–Crippen LogP) is 5.39. The van der Waals surface area contributed by atoms with Gasteiger partial charge in [-0.1, -0.05) is 18.2 Å². The van der Waals surface area contributed by atoms with Crippen molar-refractivity contribution in [3.63, 3.8) is 0 Å². The van der Waals surface area contributed by atoms with E-state index in [1.165, 1.54) is 37.7 Å². The summed E-state index contributed by atoms with van der Waals surface area (Å²) in [7, 11) is -1.10. The second kappa shape index (κ2) is 9.34. The normalized spacial score (nSPS) is 13.0. The Morgan fingerprint density at radius 2 is 1.88 bits per heavy atom. The minimum atomic E-state index is -2.54. The van der Waals surface area contributed by atoms with Gasteiger partial charge in [-0.3, -0.25) is 0 Å². The summed E-state index contributed by atoms with van der Waals surface area (Å²) in [6.07, 6.45) is 2.89. The molecule has 0 aliphatic carbocycles. The lowest BCUT2D eigenvalue weighted by Gasteiger charge is -2.12. The summed E-state index contributed by atoms with van der Waals surface area (Å²) in [5, 5.41) is 0.640. The van der Waals surface area contributed by atoms with Gasteiger partial charge in [0.15, 0.2) is 5.82 Å². The number of nitrogens with zero attached hydrogens (tertiary/aromatic N) is 2. The topological polar surface area (TPSA) is 81.8 Å². The zero-order valence-corrected chi connectivity index (χ0v) is 19.6. The van der Waals surface area contributed by atoms with Gasteiger partial charge < -0.3 is 9.15 Å². The number of rotatable bonds is 6. The smallest absolute Gasteiger partial charge is 0.340 e. The largest absolute Gasteiger partial charge is 0.436 e. The van der Waals surface area contributed by atoms with Gasteiger partial charge in [-0.15, -0.1) is 0 Å². The number of pyridine rings is 1. The molecule has 0 aliphatic heterocycles. The number of aryl methyl sites for hydroxylation is 1. The number of halogens is 2. The fourth-order valence-electron chi connectivity index (χ4n) is 3.62. The SMILES string of the molecule is CN=S(C)(=O)Cc1cccc(Cc2c(C)c3ccc(Oc4ncccc4F)cc3oc2=O)c1F. The third-order valence-corrected chi connectivity index (χ3v) is 7.15. The molecule has 2 aromatic carbocycles. The molecular formula is C25H22F2N2O4S. The maximum absolute atomic E-state index is 15.1. The zero-order valence-electron chi connectivity index (χ0n) is 18.8. The van der Waals surface area contributed by atoms with Gasteiger partial charge in [-0.25, -0.2) is 27.1 Å². The lowest BCUT2D eigenvalue weighted by Crippen LogP contribution is -2.12. The van der Waals surface area contributed by atoms with Crippen molar-refractivity contribution < 1.29 is 22.1 Å². The molecule has 34 heavy (non-hydrogen) atoms. The monoisotopic (exact) mass is 484 g/mol. The van der Waals surface area contributed by atoms with Crippen LogP contribution in [-0.4, -0.2) is 22.5 Å². The minimum absolute atomic E-state index is 0.00928. The van der Waals surface area contributed by atoms with Gasteiger partial charge in [0.2, 0.25) is 0 Å². The molecule has 0 saturated heterocycles. The number of hydrogen-bond donors (Lipinski definition) is 0. The molecule has 1 atom stereocenters. The van der Waals surface area contributed by atoms with Crippen molar-refractivity contribution in [3.8, 4) is 11.6 Å². The van der Waals surface area contributed by atoms with E-state index in [1.54, 1.807) is 37.3 Å². The maximum atomic E-state index is 15.1. The number of hydrogen-bond acceptors (Lipinski definition) is 6. The first-order chi connectivity index (χ1) is 16.2. The molecular weight excluding hydrogens is 462 g/mol. The van der Waals surface area contributed by atoms with Gasteiger partial charge in [0.1, 0.15) is 17.1 Å². The Morgan fingerprint density at radius 3 is 2.62 bits per heavy atom. The molecule has 6 nitrogen and oxygen atoms in total. The van der Waals surface area contributed by atoms with Crippen molar-refractivity contribution >= 4 is 20.7 Å². The maximum Gasteiger partial charge on any atom is 0.340 e. The lowest BCUT2D eigenvalue weighted by atomic mass is 9.98. The van der Waals surface area contributed by atoms with E-state index in [1.807, 2.05) is 0 Å². The van der Waals surface area contributed by atoms with Crippen LogP contribution in [0.3, 0.4) is 0 Å². The first-order valence-corrected chi connectivity index (χ1v) is 12.5. The quantitative estimate of drug-likeness (QED) is 0.343. The summed E-state index contributed by atoms with van der Waals surface area (Å²) >= 11 is 0. The number of fused-ring (bicyclic) bond motifs is 1. The van der Waals surface area contributed by atoms with Crippen LogP contribution < -0.4 is 10.4 Å². The van der Waals surface area contributed by atoms with Crippen LogP contribution in [0.25, 0.3) is 11.0 Å². The molecule has 1 unspecified atom stereocenters. The number of benzene rings is 2.